The van der Waals surface area contributed by atoms with Gasteiger partial charge in [0.25, 0.3) is 0 Å². The van der Waals surface area contributed by atoms with Gasteiger partial charge in [0.15, 0.2) is 0 Å². The molecule has 1 fully saturated rings. The summed E-state index contributed by atoms with van der Waals surface area (Å²) >= 11 is 1.84. The number of carbonyl (C=O) groups excluding carboxylic acids is 1. The normalized spacial score (nSPS) is 19.3. The molecule has 0 saturated carbocycles. The molecule has 1 aliphatic heterocycles. The van der Waals surface area contributed by atoms with Gasteiger partial charge in [-0.05, 0) is 29.9 Å². The van der Waals surface area contributed by atoms with E-state index in [1.165, 1.54) is 0 Å². The third-order valence-electron chi connectivity index (χ3n) is 3.84. The Balaban J connectivity index is 2.09. The fourth-order valence-corrected chi connectivity index (χ4v) is 3.73. The monoisotopic (exact) mass is 295 g/mol. The van der Waals surface area contributed by atoms with Crippen molar-refractivity contribution in [2.24, 2.45) is 0 Å². The molecule has 5 heteroatoms. The molecule has 0 aromatic heterocycles. The maximum atomic E-state index is 12.4. The first kappa shape index (κ1) is 15.4. The predicted molar refractivity (Wildman–Crippen MR) is 80.8 cm³/mol. The van der Waals surface area contributed by atoms with Gasteiger partial charge in [-0.2, -0.15) is 11.8 Å². The summed E-state index contributed by atoms with van der Waals surface area (Å²) in [6.07, 6.45) is 1.54. The number of rotatable bonds is 5. The first-order chi connectivity index (χ1) is 9.71. The van der Waals surface area contributed by atoms with Crippen LogP contribution in [-0.4, -0.2) is 46.4 Å². The average molecular weight is 295 g/mol. The van der Waals surface area contributed by atoms with Crippen molar-refractivity contribution < 1.29 is 15.0 Å². The second-order valence-electron chi connectivity index (χ2n) is 5.19. The highest BCUT2D eigenvalue weighted by atomic mass is 32.2. The molecule has 1 aromatic carbocycles. The van der Waals surface area contributed by atoms with Crippen LogP contribution in [0.3, 0.4) is 0 Å². The van der Waals surface area contributed by atoms with Crippen LogP contribution in [0.5, 0.6) is 0 Å². The Kier molecular flexibility index (Phi) is 5.46. The van der Waals surface area contributed by atoms with E-state index in [1.807, 2.05) is 42.1 Å². The van der Waals surface area contributed by atoms with Gasteiger partial charge in [0, 0.05) is 0 Å². The zero-order valence-electron chi connectivity index (χ0n) is 11.4. The summed E-state index contributed by atoms with van der Waals surface area (Å²) in [5, 5.41) is 22.1. The third kappa shape index (κ3) is 3.53. The summed E-state index contributed by atoms with van der Waals surface area (Å²) < 4.78 is 0. The van der Waals surface area contributed by atoms with E-state index in [2.05, 4.69) is 5.32 Å². The van der Waals surface area contributed by atoms with Gasteiger partial charge in [-0.1, -0.05) is 30.3 Å². The molecule has 1 saturated heterocycles. The summed E-state index contributed by atoms with van der Waals surface area (Å²) in [4.78, 5) is 12.4. The van der Waals surface area contributed by atoms with E-state index in [1.54, 1.807) is 0 Å². The molecule has 1 aliphatic rings. The van der Waals surface area contributed by atoms with Crippen LogP contribution < -0.4 is 5.32 Å². The number of nitrogens with one attached hydrogen (secondary N) is 1. The number of hydrogen-bond donors (Lipinski definition) is 3. The summed E-state index contributed by atoms with van der Waals surface area (Å²) in [5.74, 6) is 1.10. The Hall–Kier alpha value is -1.04. The number of aliphatic hydroxyl groups is 2. The molecule has 4 nitrogen and oxygen atoms in total. The summed E-state index contributed by atoms with van der Waals surface area (Å²) in [6, 6.07) is 9.25. The Morgan fingerprint density at radius 3 is 2.45 bits per heavy atom. The molecule has 110 valence electrons. The maximum absolute atomic E-state index is 12.4. The van der Waals surface area contributed by atoms with Crippen LogP contribution >= 0.6 is 11.8 Å². The zero-order chi connectivity index (χ0) is 14.4. The van der Waals surface area contributed by atoms with Gasteiger partial charge in [0.05, 0.1) is 24.7 Å². The van der Waals surface area contributed by atoms with E-state index >= 15 is 0 Å². The van der Waals surface area contributed by atoms with Crippen molar-refractivity contribution in [3.05, 3.63) is 35.9 Å². The Morgan fingerprint density at radius 2 is 1.90 bits per heavy atom. The number of benzene rings is 1. The van der Waals surface area contributed by atoms with Crippen molar-refractivity contribution in [2.75, 3.05) is 24.7 Å². The van der Waals surface area contributed by atoms with Crippen molar-refractivity contribution in [2.45, 2.75) is 24.3 Å². The minimum Gasteiger partial charge on any atom is -0.395 e. The SMILES string of the molecule is O=C(NC1(CO)CCSCC1)C(CO)c1ccccc1. The van der Waals surface area contributed by atoms with Crippen molar-refractivity contribution in [3.63, 3.8) is 0 Å². The molecule has 0 spiro atoms. The highest BCUT2D eigenvalue weighted by Crippen LogP contribution is 2.28. The molecule has 1 unspecified atom stereocenters. The number of amides is 1. The molecule has 2 rings (SSSR count). The van der Waals surface area contributed by atoms with E-state index in [9.17, 15) is 15.0 Å². The lowest BCUT2D eigenvalue weighted by Gasteiger charge is -2.37. The van der Waals surface area contributed by atoms with Crippen LogP contribution in [0.4, 0.5) is 0 Å². The van der Waals surface area contributed by atoms with Gasteiger partial charge in [0.1, 0.15) is 0 Å². The molecule has 0 radical (unpaired) electrons. The van der Waals surface area contributed by atoms with Gasteiger partial charge < -0.3 is 15.5 Å². The molecule has 3 N–H and O–H groups in total. The third-order valence-corrected chi connectivity index (χ3v) is 4.83. The standard InChI is InChI=1S/C15H21NO3S/c17-10-13(12-4-2-1-3-5-12)14(19)16-15(11-18)6-8-20-9-7-15/h1-5,13,17-18H,6-11H2,(H,16,19). The van der Waals surface area contributed by atoms with Crippen molar-refractivity contribution in [3.8, 4) is 0 Å². The van der Waals surface area contributed by atoms with E-state index in [0.717, 1.165) is 29.9 Å². The number of hydrogen-bond acceptors (Lipinski definition) is 4. The molecule has 1 heterocycles. The topological polar surface area (TPSA) is 69.6 Å². The first-order valence-corrected chi connectivity index (χ1v) is 8.03. The number of thioether (sulfide) groups is 1. The molecular weight excluding hydrogens is 274 g/mol. The number of carbonyl (C=O) groups is 1. The van der Waals surface area contributed by atoms with Crippen molar-refractivity contribution >= 4 is 17.7 Å². The highest BCUT2D eigenvalue weighted by molar-refractivity contribution is 7.99. The molecular formula is C15H21NO3S. The minimum atomic E-state index is -0.575. The van der Waals surface area contributed by atoms with Crippen LogP contribution in [0.1, 0.15) is 24.3 Å². The first-order valence-electron chi connectivity index (χ1n) is 6.87. The van der Waals surface area contributed by atoms with Crippen LogP contribution in [0.15, 0.2) is 30.3 Å². The largest absolute Gasteiger partial charge is 0.395 e. The summed E-state index contributed by atoms with van der Waals surface area (Å²) in [6.45, 7) is -0.279. The molecule has 1 atom stereocenters. The minimum absolute atomic E-state index is 0.0494. The quantitative estimate of drug-likeness (QED) is 0.762. The summed E-state index contributed by atoms with van der Waals surface area (Å²) in [7, 11) is 0. The summed E-state index contributed by atoms with van der Waals surface area (Å²) in [5.41, 5.74) is 0.274. The lowest BCUT2D eigenvalue weighted by molar-refractivity contribution is -0.126. The fourth-order valence-electron chi connectivity index (χ4n) is 2.46. The molecule has 1 amide bonds. The Labute approximate surface area is 123 Å². The van der Waals surface area contributed by atoms with Crippen LogP contribution in [0.25, 0.3) is 0 Å². The lowest BCUT2D eigenvalue weighted by atomic mass is 9.91. The van der Waals surface area contributed by atoms with Gasteiger partial charge >= 0.3 is 0 Å². The van der Waals surface area contributed by atoms with Gasteiger partial charge in [0.2, 0.25) is 5.91 Å². The van der Waals surface area contributed by atoms with Gasteiger partial charge in [-0.15, -0.1) is 0 Å². The van der Waals surface area contributed by atoms with E-state index in [-0.39, 0.29) is 19.1 Å². The maximum Gasteiger partial charge on any atom is 0.230 e. The lowest BCUT2D eigenvalue weighted by Crippen LogP contribution is -2.55. The molecule has 0 aliphatic carbocycles. The second-order valence-corrected chi connectivity index (χ2v) is 6.41. The van der Waals surface area contributed by atoms with E-state index in [0.29, 0.717) is 0 Å². The van der Waals surface area contributed by atoms with E-state index in [4.69, 9.17) is 0 Å². The average Bonchev–Trinajstić information content (AvgIpc) is 2.50. The highest BCUT2D eigenvalue weighted by Gasteiger charge is 2.35. The molecule has 1 aromatic rings. The van der Waals surface area contributed by atoms with Crippen molar-refractivity contribution in [1.29, 1.82) is 0 Å². The number of aliphatic hydroxyl groups excluding tert-OH is 2. The van der Waals surface area contributed by atoms with Gasteiger partial charge in [-0.3, -0.25) is 4.79 Å². The van der Waals surface area contributed by atoms with Crippen LogP contribution in [0.2, 0.25) is 0 Å². The van der Waals surface area contributed by atoms with Crippen LogP contribution in [-0.2, 0) is 4.79 Å². The zero-order valence-corrected chi connectivity index (χ0v) is 12.2. The molecule has 0 bridgehead atoms. The fraction of sp³-hybridized carbons (Fsp3) is 0.533. The smallest absolute Gasteiger partial charge is 0.230 e. The molecule has 20 heavy (non-hydrogen) atoms. The van der Waals surface area contributed by atoms with E-state index < -0.39 is 11.5 Å². The van der Waals surface area contributed by atoms with Gasteiger partial charge in [-0.25, -0.2) is 0 Å². The Morgan fingerprint density at radius 1 is 1.25 bits per heavy atom. The Bertz CT molecular complexity index is 432. The van der Waals surface area contributed by atoms with Crippen LogP contribution in [0, 0.1) is 0 Å². The second kappa shape index (κ2) is 7.11. The van der Waals surface area contributed by atoms with Crippen molar-refractivity contribution in [1.82, 2.24) is 5.32 Å². The predicted octanol–water partition coefficient (Wildman–Crippen LogP) is 1.14.